The quantitative estimate of drug-likeness (QED) is 0.585. The average Bonchev–Trinajstić information content (AvgIpc) is 2.18. The lowest BCUT2D eigenvalue weighted by atomic mass is 10.1. The minimum atomic E-state index is -0.876. The van der Waals surface area contributed by atoms with Crippen LogP contribution < -0.4 is 11.1 Å². The zero-order valence-corrected chi connectivity index (χ0v) is 7.81. The van der Waals surface area contributed by atoms with Crippen molar-refractivity contribution >= 4 is 5.97 Å². The van der Waals surface area contributed by atoms with Crippen molar-refractivity contribution in [3.63, 3.8) is 0 Å². The molecule has 1 aromatic rings. The van der Waals surface area contributed by atoms with Gasteiger partial charge in [-0.25, -0.2) is 0 Å². The van der Waals surface area contributed by atoms with Crippen molar-refractivity contribution in [1.29, 1.82) is 0 Å². The highest BCUT2D eigenvalue weighted by Crippen LogP contribution is 2.02. The average molecular weight is 194 g/mol. The number of carboxylic acid groups (broad SMARTS) is 1. The summed E-state index contributed by atoms with van der Waals surface area (Å²) in [5.74, 6) is -0.876. The van der Waals surface area contributed by atoms with Crippen LogP contribution in [0.4, 0.5) is 0 Å². The van der Waals surface area contributed by atoms with Gasteiger partial charge >= 0.3 is 5.97 Å². The fraction of sp³-hybridized carbons (Fsp3) is 0.300. The highest BCUT2D eigenvalue weighted by molar-refractivity contribution is 5.73. The lowest BCUT2D eigenvalue weighted by molar-refractivity contribution is -0.139. The van der Waals surface area contributed by atoms with E-state index in [-0.39, 0.29) is 6.67 Å². The SMILES string of the molecule is NCN[C@H](Cc1ccccc1)C(=O)O. The first-order valence-corrected chi connectivity index (χ1v) is 4.44. The molecule has 0 radical (unpaired) electrons. The van der Waals surface area contributed by atoms with Crippen molar-refractivity contribution in [1.82, 2.24) is 5.32 Å². The van der Waals surface area contributed by atoms with Crippen molar-refractivity contribution in [2.45, 2.75) is 12.5 Å². The Labute approximate surface area is 82.7 Å². The van der Waals surface area contributed by atoms with Crippen LogP contribution in [0, 0.1) is 0 Å². The summed E-state index contributed by atoms with van der Waals surface area (Å²) in [6.07, 6.45) is 0.452. The number of hydrogen-bond acceptors (Lipinski definition) is 3. The van der Waals surface area contributed by atoms with E-state index < -0.39 is 12.0 Å². The van der Waals surface area contributed by atoms with Crippen LogP contribution in [0.5, 0.6) is 0 Å². The van der Waals surface area contributed by atoms with Crippen molar-refractivity contribution in [3.05, 3.63) is 35.9 Å². The second-order valence-electron chi connectivity index (χ2n) is 2.99. The van der Waals surface area contributed by atoms with Crippen LogP contribution in [0.15, 0.2) is 30.3 Å². The van der Waals surface area contributed by atoms with Gasteiger partial charge in [-0.1, -0.05) is 30.3 Å². The molecule has 0 heterocycles. The highest BCUT2D eigenvalue weighted by atomic mass is 16.4. The van der Waals surface area contributed by atoms with Crippen LogP contribution in [0.3, 0.4) is 0 Å². The molecule has 76 valence electrons. The Morgan fingerprint density at radius 3 is 2.57 bits per heavy atom. The van der Waals surface area contributed by atoms with Crippen LogP contribution in [0.2, 0.25) is 0 Å². The number of carbonyl (C=O) groups is 1. The number of hydrogen-bond donors (Lipinski definition) is 3. The standard InChI is InChI=1S/C10H14N2O2/c11-7-12-9(10(13)14)6-8-4-2-1-3-5-8/h1-5,9,12H,6-7,11H2,(H,13,14)/t9-/m1/s1. The van der Waals surface area contributed by atoms with E-state index in [9.17, 15) is 4.79 Å². The highest BCUT2D eigenvalue weighted by Gasteiger charge is 2.15. The molecule has 1 rings (SSSR count). The zero-order valence-electron chi connectivity index (χ0n) is 7.81. The van der Waals surface area contributed by atoms with Gasteiger partial charge in [0.2, 0.25) is 0 Å². The summed E-state index contributed by atoms with van der Waals surface area (Å²) in [4.78, 5) is 10.8. The van der Waals surface area contributed by atoms with Gasteiger partial charge in [0, 0.05) is 6.67 Å². The van der Waals surface area contributed by atoms with Crippen molar-refractivity contribution in [3.8, 4) is 0 Å². The van der Waals surface area contributed by atoms with Gasteiger partial charge in [0.1, 0.15) is 6.04 Å². The Morgan fingerprint density at radius 2 is 2.07 bits per heavy atom. The Kier molecular flexibility index (Phi) is 4.10. The number of rotatable bonds is 5. The first kappa shape index (κ1) is 10.7. The van der Waals surface area contributed by atoms with E-state index in [0.29, 0.717) is 6.42 Å². The van der Waals surface area contributed by atoms with Crippen LogP contribution in [-0.2, 0) is 11.2 Å². The third kappa shape index (κ3) is 3.16. The molecule has 0 aliphatic carbocycles. The molecule has 0 spiro atoms. The second kappa shape index (κ2) is 5.36. The van der Waals surface area contributed by atoms with E-state index in [4.69, 9.17) is 10.8 Å². The summed E-state index contributed by atoms with van der Waals surface area (Å²) in [5, 5.41) is 11.6. The molecule has 1 aromatic carbocycles. The normalized spacial score (nSPS) is 12.4. The van der Waals surface area contributed by atoms with E-state index in [2.05, 4.69) is 5.32 Å². The smallest absolute Gasteiger partial charge is 0.321 e. The summed E-state index contributed by atoms with van der Waals surface area (Å²) in [5.41, 5.74) is 6.23. The topological polar surface area (TPSA) is 75.3 Å². The van der Waals surface area contributed by atoms with Crippen LogP contribution in [0.1, 0.15) is 5.56 Å². The Bertz CT molecular complexity index is 287. The lowest BCUT2D eigenvalue weighted by Gasteiger charge is -2.12. The Hall–Kier alpha value is -1.39. The molecule has 0 aromatic heterocycles. The maximum Gasteiger partial charge on any atom is 0.321 e. The van der Waals surface area contributed by atoms with E-state index in [1.165, 1.54) is 0 Å². The minimum Gasteiger partial charge on any atom is -0.480 e. The largest absolute Gasteiger partial charge is 0.480 e. The van der Waals surface area contributed by atoms with Gasteiger partial charge in [0.05, 0.1) is 0 Å². The summed E-state index contributed by atoms with van der Waals surface area (Å²) in [6.45, 7) is 0.170. The van der Waals surface area contributed by atoms with Crippen molar-refractivity contribution < 1.29 is 9.90 Å². The molecule has 0 bridgehead atoms. The van der Waals surface area contributed by atoms with Crippen molar-refractivity contribution in [2.75, 3.05) is 6.67 Å². The molecule has 14 heavy (non-hydrogen) atoms. The van der Waals surface area contributed by atoms with E-state index in [0.717, 1.165) is 5.56 Å². The molecular formula is C10H14N2O2. The monoisotopic (exact) mass is 194 g/mol. The maximum atomic E-state index is 10.8. The molecular weight excluding hydrogens is 180 g/mol. The van der Waals surface area contributed by atoms with E-state index in [1.807, 2.05) is 30.3 Å². The number of nitrogens with one attached hydrogen (secondary N) is 1. The summed E-state index contributed by atoms with van der Waals surface area (Å²) < 4.78 is 0. The molecule has 0 amide bonds. The van der Waals surface area contributed by atoms with E-state index >= 15 is 0 Å². The van der Waals surface area contributed by atoms with Gasteiger partial charge in [-0.2, -0.15) is 0 Å². The zero-order chi connectivity index (χ0) is 10.4. The molecule has 4 N–H and O–H groups in total. The van der Waals surface area contributed by atoms with Gasteiger partial charge in [-0.15, -0.1) is 0 Å². The molecule has 0 saturated heterocycles. The number of carboxylic acids is 1. The second-order valence-corrected chi connectivity index (χ2v) is 2.99. The first-order chi connectivity index (χ1) is 6.74. The van der Waals surface area contributed by atoms with Gasteiger partial charge < -0.3 is 10.8 Å². The molecule has 0 saturated carbocycles. The van der Waals surface area contributed by atoms with E-state index in [1.54, 1.807) is 0 Å². The number of benzene rings is 1. The number of nitrogens with two attached hydrogens (primary N) is 1. The molecule has 0 aliphatic rings. The van der Waals surface area contributed by atoms with Gasteiger partial charge in [0.15, 0.2) is 0 Å². The predicted octanol–water partition coefficient (Wildman–Crippen LogP) is 0.188. The van der Waals surface area contributed by atoms with Crippen molar-refractivity contribution in [2.24, 2.45) is 5.73 Å². The van der Waals surface area contributed by atoms with Crippen LogP contribution in [-0.4, -0.2) is 23.8 Å². The third-order valence-corrected chi connectivity index (χ3v) is 1.94. The van der Waals surface area contributed by atoms with Crippen LogP contribution in [0.25, 0.3) is 0 Å². The van der Waals surface area contributed by atoms with Gasteiger partial charge in [-0.3, -0.25) is 10.1 Å². The lowest BCUT2D eigenvalue weighted by Crippen LogP contribution is -2.41. The molecule has 0 aliphatic heterocycles. The minimum absolute atomic E-state index is 0.170. The molecule has 1 atom stereocenters. The maximum absolute atomic E-state index is 10.8. The van der Waals surface area contributed by atoms with Crippen LogP contribution >= 0.6 is 0 Å². The summed E-state index contributed by atoms with van der Waals surface area (Å²) in [7, 11) is 0. The molecule has 0 unspecified atom stereocenters. The van der Waals surface area contributed by atoms with Gasteiger partial charge in [0.25, 0.3) is 0 Å². The Morgan fingerprint density at radius 1 is 1.43 bits per heavy atom. The Balaban J connectivity index is 2.60. The summed E-state index contributed by atoms with van der Waals surface area (Å²) >= 11 is 0. The molecule has 4 heteroatoms. The summed E-state index contributed by atoms with van der Waals surface area (Å²) in [6, 6.07) is 8.85. The molecule has 4 nitrogen and oxygen atoms in total. The third-order valence-electron chi connectivity index (χ3n) is 1.94. The fourth-order valence-corrected chi connectivity index (χ4v) is 1.24. The first-order valence-electron chi connectivity index (χ1n) is 4.44. The fourth-order valence-electron chi connectivity index (χ4n) is 1.24. The predicted molar refractivity (Wildman–Crippen MR) is 53.8 cm³/mol. The van der Waals surface area contributed by atoms with Gasteiger partial charge in [-0.05, 0) is 12.0 Å². The number of aliphatic carboxylic acids is 1. The molecule has 0 fully saturated rings.